The summed E-state index contributed by atoms with van der Waals surface area (Å²) in [6.45, 7) is 7.30. The van der Waals surface area contributed by atoms with Gasteiger partial charge < -0.3 is 5.11 Å². The minimum atomic E-state index is -0.505. The highest BCUT2D eigenvalue weighted by molar-refractivity contribution is 6.30. The van der Waals surface area contributed by atoms with Gasteiger partial charge in [0, 0.05) is 11.6 Å². The van der Waals surface area contributed by atoms with Crippen LogP contribution in [0.3, 0.4) is 0 Å². The maximum Gasteiger partial charge on any atom is 0.137 e. The number of halogens is 1. The highest BCUT2D eigenvalue weighted by Gasteiger charge is 2.28. The van der Waals surface area contributed by atoms with Crippen LogP contribution in [-0.4, -0.2) is 19.9 Å². The minimum Gasteiger partial charge on any atom is -0.388 e. The molecule has 2 atom stereocenters. The predicted octanol–water partition coefficient (Wildman–Crippen LogP) is 3.72. The molecule has 0 fully saturated rings. The highest BCUT2D eigenvalue weighted by Crippen LogP contribution is 2.35. The van der Waals surface area contributed by atoms with Gasteiger partial charge >= 0.3 is 0 Å². The molecule has 5 heteroatoms. The molecule has 0 bridgehead atoms. The van der Waals surface area contributed by atoms with Crippen molar-refractivity contribution < 1.29 is 5.11 Å². The molecular formula is C16H22ClN3O. The molecule has 0 aliphatic carbocycles. The molecule has 1 unspecified atom stereocenters. The Morgan fingerprint density at radius 1 is 1.24 bits per heavy atom. The molecule has 21 heavy (non-hydrogen) atoms. The third-order valence-corrected chi connectivity index (χ3v) is 4.11. The van der Waals surface area contributed by atoms with Crippen LogP contribution < -0.4 is 0 Å². The van der Waals surface area contributed by atoms with Gasteiger partial charge in [0.2, 0.25) is 0 Å². The van der Waals surface area contributed by atoms with E-state index in [1.54, 1.807) is 6.33 Å². The molecule has 0 saturated heterocycles. The van der Waals surface area contributed by atoms with Crippen molar-refractivity contribution in [3.05, 3.63) is 47.5 Å². The first kappa shape index (κ1) is 16.0. The quantitative estimate of drug-likeness (QED) is 0.916. The number of aromatic nitrogens is 3. The lowest BCUT2D eigenvalue weighted by atomic mass is 9.77. The summed E-state index contributed by atoms with van der Waals surface area (Å²) in [6.07, 6.45) is 3.42. The summed E-state index contributed by atoms with van der Waals surface area (Å²) >= 11 is 5.89. The number of hydrogen-bond acceptors (Lipinski definition) is 3. The van der Waals surface area contributed by atoms with Gasteiger partial charge in [0.15, 0.2) is 0 Å². The van der Waals surface area contributed by atoms with E-state index in [9.17, 15) is 5.11 Å². The summed E-state index contributed by atoms with van der Waals surface area (Å²) in [4.78, 5) is 3.98. The fourth-order valence-corrected chi connectivity index (χ4v) is 2.47. The molecule has 0 spiro atoms. The minimum absolute atomic E-state index is 0.0688. The zero-order valence-electron chi connectivity index (χ0n) is 12.7. The van der Waals surface area contributed by atoms with Crippen molar-refractivity contribution in [1.29, 1.82) is 0 Å². The van der Waals surface area contributed by atoms with E-state index in [1.165, 1.54) is 6.33 Å². The number of rotatable bonds is 5. The summed E-state index contributed by atoms with van der Waals surface area (Å²) in [7, 11) is 0. The van der Waals surface area contributed by atoms with Crippen LogP contribution in [0.1, 0.15) is 38.9 Å². The van der Waals surface area contributed by atoms with Gasteiger partial charge in [0.1, 0.15) is 12.7 Å². The van der Waals surface area contributed by atoms with Crippen molar-refractivity contribution >= 4 is 11.6 Å². The predicted molar refractivity (Wildman–Crippen MR) is 84.0 cm³/mol. The molecule has 114 valence electrons. The van der Waals surface area contributed by atoms with Crippen LogP contribution in [0.4, 0.5) is 0 Å². The lowest BCUT2D eigenvalue weighted by Gasteiger charge is -2.32. The van der Waals surface area contributed by atoms with E-state index in [0.717, 1.165) is 12.1 Å². The van der Waals surface area contributed by atoms with Gasteiger partial charge in [-0.05, 0) is 35.4 Å². The van der Waals surface area contributed by atoms with Crippen LogP contribution in [0, 0.1) is 11.3 Å². The average molecular weight is 308 g/mol. The first-order valence-corrected chi connectivity index (χ1v) is 7.50. The van der Waals surface area contributed by atoms with Crippen LogP contribution in [0.15, 0.2) is 36.9 Å². The lowest BCUT2D eigenvalue weighted by Crippen LogP contribution is -2.27. The van der Waals surface area contributed by atoms with Crippen molar-refractivity contribution in [3.8, 4) is 0 Å². The van der Waals surface area contributed by atoms with E-state index in [1.807, 2.05) is 28.9 Å². The molecule has 2 rings (SSSR count). The fraction of sp³-hybridized carbons (Fsp3) is 0.500. The Bertz CT molecular complexity index is 546. The molecule has 1 aromatic heterocycles. The summed E-state index contributed by atoms with van der Waals surface area (Å²) in [5, 5.41) is 15.3. The molecular weight excluding hydrogens is 286 g/mol. The zero-order valence-corrected chi connectivity index (χ0v) is 13.5. The molecule has 1 heterocycles. The Morgan fingerprint density at radius 3 is 2.43 bits per heavy atom. The molecule has 0 radical (unpaired) electrons. The van der Waals surface area contributed by atoms with E-state index in [0.29, 0.717) is 11.4 Å². The van der Waals surface area contributed by atoms with Crippen LogP contribution in [0.2, 0.25) is 5.02 Å². The maximum absolute atomic E-state index is 10.5. The van der Waals surface area contributed by atoms with Crippen LogP contribution in [-0.2, 0) is 6.54 Å². The Morgan fingerprint density at radius 2 is 1.90 bits per heavy atom. The Hall–Kier alpha value is -1.39. The van der Waals surface area contributed by atoms with Gasteiger partial charge in [0.05, 0.1) is 6.10 Å². The normalized spacial score (nSPS) is 14.9. The summed E-state index contributed by atoms with van der Waals surface area (Å²) in [5.41, 5.74) is 0.964. The molecule has 2 aromatic rings. The van der Waals surface area contributed by atoms with Gasteiger partial charge in [0.25, 0.3) is 0 Å². The van der Waals surface area contributed by atoms with Crippen LogP contribution in [0.25, 0.3) is 0 Å². The summed E-state index contributed by atoms with van der Waals surface area (Å²) < 4.78 is 1.82. The van der Waals surface area contributed by atoms with Gasteiger partial charge in [-0.25, -0.2) is 4.98 Å². The monoisotopic (exact) mass is 307 g/mol. The number of nitrogens with zero attached hydrogens (tertiary/aromatic N) is 3. The van der Waals surface area contributed by atoms with E-state index < -0.39 is 6.10 Å². The van der Waals surface area contributed by atoms with Gasteiger partial charge in [-0.2, -0.15) is 5.10 Å². The van der Waals surface area contributed by atoms with E-state index >= 15 is 0 Å². The topological polar surface area (TPSA) is 50.9 Å². The standard InChI is InChI=1S/C16H22ClN3O/c1-16(2,3)13(9-20-11-18-10-19-20)8-15(21)12-4-6-14(17)7-5-12/h4-7,10-11,13,15,21H,8-9H2,1-3H3/t13?,15-/m1/s1. The molecule has 0 aliphatic rings. The van der Waals surface area contributed by atoms with E-state index in [2.05, 4.69) is 30.9 Å². The third kappa shape index (κ3) is 4.55. The second-order valence-corrected chi connectivity index (χ2v) is 6.92. The highest BCUT2D eigenvalue weighted by atomic mass is 35.5. The number of hydrogen-bond donors (Lipinski definition) is 1. The van der Waals surface area contributed by atoms with Crippen molar-refractivity contribution in [2.45, 2.75) is 39.8 Å². The smallest absolute Gasteiger partial charge is 0.137 e. The lowest BCUT2D eigenvalue weighted by molar-refractivity contribution is 0.0904. The maximum atomic E-state index is 10.5. The second kappa shape index (κ2) is 6.58. The molecule has 0 amide bonds. The van der Waals surface area contributed by atoms with Crippen molar-refractivity contribution in [1.82, 2.24) is 14.8 Å². The Labute approximate surface area is 130 Å². The fourth-order valence-electron chi connectivity index (χ4n) is 2.35. The van der Waals surface area contributed by atoms with Crippen molar-refractivity contribution in [2.75, 3.05) is 0 Å². The SMILES string of the molecule is CC(C)(C)C(C[C@@H](O)c1ccc(Cl)cc1)Cn1cncn1. The third-order valence-electron chi connectivity index (χ3n) is 3.86. The molecule has 4 nitrogen and oxygen atoms in total. The Balaban J connectivity index is 2.09. The van der Waals surface area contributed by atoms with E-state index in [4.69, 9.17) is 11.6 Å². The van der Waals surface area contributed by atoms with Gasteiger partial charge in [-0.3, -0.25) is 4.68 Å². The largest absolute Gasteiger partial charge is 0.388 e. The number of aliphatic hydroxyl groups is 1. The van der Waals surface area contributed by atoms with Crippen LogP contribution in [0.5, 0.6) is 0 Å². The van der Waals surface area contributed by atoms with Crippen molar-refractivity contribution in [3.63, 3.8) is 0 Å². The first-order chi connectivity index (χ1) is 9.86. The molecule has 1 N–H and O–H groups in total. The van der Waals surface area contributed by atoms with Gasteiger partial charge in [-0.15, -0.1) is 0 Å². The first-order valence-electron chi connectivity index (χ1n) is 7.12. The van der Waals surface area contributed by atoms with E-state index in [-0.39, 0.29) is 11.3 Å². The second-order valence-electron chi connectivity index (χ2n) is 6.48. The summed E-state index contributed by atoms with van der Waals surface area (Å²) in [5.74, 6) is 0.282. The van der Waals surface area contributed by atoms with Gasteiger partial charge in [-0.1, -0.05) is 44.5 Å². The Kier molecular flexibility index (Phi) is 5.01. The molecule has 0 saturated carbocycles. The average Bonchev–Trinajstić information content (AvgIpc) is 2.90. The van der Waals surface area contributed by atoms with Crippen LogP contribution >= 0.6 is 11.6 Å². The number of aliphatic hydroxyl groups excluding tert-OH is 1. The van der Waals surface area contributed by atoms with Crippen molar-refractivity contribution in [2.24, 2.45) is 11.3 Å². The zero-order chi connectivity index (χ0) is 15.5. The number of benzene rings is 1. The molecule has 1 aromatic carbocycles. The summed E-state index contributed by atoms with van der Waals surface area (Å²) in [6, 6.07) is 7.37. The molecule has 0 aliphatic heterocycles.